The third-order valence-corrected chi connectivity index (χ3v) is 3.81. The highest BCUT2D eigenvalue weighted by molar-refractivity contribution is 5.85. The number of para-hydroxylation sites is 1. The molecule has 0 aliphatic heterocycles. The van der Waals surface area contributed by atoms with Crippen LogP contribution in [0.15, 0.2) is 59.8 Å². The lowest BCUT2D eigenvalue weighted by atomic mass is 10.1. The van der Waals surface area contributed by atoms with E-state index in [9.17, 15) is 4.79 Å². The van der Waals surface area contributed by atoms with Crippen molar-refractivity contribution in [2.45, 2.75) is 12.8 Å². The first-order valence-corrected chi connectivity index (χ1v) is 7.77. The summed E-state index contributed by atoms with van der Waals surface area (Å²) in [7, 11) is 1.62. The van der Waals surface area contributed by atoms with Gasteiger partial charge in [0.2, 0.25) is 5.91 Å². The Hall–Kier alpha value is -3.08. The highest BCUT2D eigenvalue weighted by atomic mass is 16.5. The van der Waals surface area contributed by atoms with Gasteiger partial charge >= 0.3 is 0 Å². The van der Waals surface area contributed by atoms with Gasteiger partial charge in [0.1, 0.15) is 5.75 Å². The number of ether oxygens (including phenoxy) is 1. The minimum Gasteiger partial charge on any atom is -0.497 e. The van der Waals surface area contributed by atoms with E-state index in [1.165, 1.54) is 0 Å². The molecule has 0 atom stereocenters. The standard InChI is InChI=1S/C19H19N3O2/c1-24-16-9-6-14(7-10-16)12-21-22-19(23)11-8-15-13-20-18-5-3-2-4-17(15)18/h2-7,9-10,12-13,20H,8,11H2,1H3,(H,22,23)/b21-12-. The number of amides is 1. The maximum Gasteiger partial charge on any atom is 0.240 e. The number of aromatic amines is 1. The number of carbonyl (C=O) groups excluding carboxylic acids is 1. The second kappa shape index (κ2) is 7.46. The smallest absolute Gasteiger partial charge is 0.240 e. The van der Waals surface area contributed by atoms with E-state index < -0.39 is 0 Å². The highest BCUT2D eigenvalue weighted by Gasteiger charge is 2.05. The molecule has 5 heteroatoms. The van der Waals surface area contributed by atoms with Crippen LogP contribution in [-0.4, -0.2) is 24.2 Å². The molecular weight excluding hydrogens is 302 g/mol. The number of hydrogen-bond acceptors (Lipinski definition) is 3. The first kappa shape index (κ1) is 15.8. The first-order chi connectivity index (χ1) is 11.8. The summed E-state index contributed by atoms with van der Waals surface area (Å²) in [4.78, 5) is 15.1. The van der Waals surface area contributed by atoms with Gasteiger partial charge in [-0.1, -0.05) is 18.2 Å². The van der Waals surface area contributed by atoms with Crippen LogP contribution < -0.4 is 10.2 Å². The van der Waals surface area contributed by atoms with Crippen LogP contribution in [0.4, 0.5) is 0 Å². The van der Waals surface area contributed by atoms with E-state index >= 15 is 0 Å². The van der Waals surface area contributed by atoms with Gasteiger partial charge in [-0.05, 0) is 47.9 Å². The van der Waals surface area contributed by atoms with E-state index in [4.69, 9.17) is 4.74 Å². The number of H-pyrrole nitrogens is 1. The topological polar surface area (TPSA) is 66.5 Å². The van der Waals surface area contributed by atoms with Gasteiger partial charge in [-0.15, -0.1) is 0 Å². The number of nitrogens with zero attached hydrogens (tertiary/aromatic N) is 1. The predicted octanol–water partition coefficient (Wildman–Crippen LogP) is 3.26. The fourth-order valence-corrected chi connectivity index (χ4v) is 2.51. The van der Waals surface area contributed by atoms with E-state index in [-0.39, 0.29) is 5.91 Å². The third kappa shape index (κ3) is 3.81. The van der Waals surface area contributed by atoms with E-state index in [2.05, 4.69) is 21.6 Å². The zero-order chi connectivity index (χ0) is 16.8. The van der Waals surface area contributed by atoms with Crippen LogP contribution in [0.3, 0.4) is 0 Å². The Morgan fingerprint density at radius 1 is 1.21 bits per heavy atom. The molecule has 0 bridgehead atoms. The zero-order valence-corrected chi connectivity index (χ0v) is 13.5. The SMILES string of the molecule is COc1ccc(/C=N\NC(=O)CCc2c[nH]c3ccccc23)cc1. The molecule has 0 saturated carbocycles. The molecule has 1 amide bonds. The molecule has 0 aliphatic carbocycles. The molecule has 3 aromatic rings. The van der Waals surface area contributed by atoms with Crippen molar-refractivity contribution >= 4 is 23.0 Å². The van der Waals surface area contributed by atoms with Crippen LogP contribution in [-0.2, 0) is 11.2 Å². The lowest BCUT2D eigenvalue weighted by molar-refractivity contribution is -0.121. The minimum absolute atomic E-state index is 0.106. The number of hydrazone groups is 1. The maximum atomic E-state index is 11.9. The van der Waals surface area contributed by atoms with Gasteiger partial charge in [-0.2, -0.15) is 5.10 Å². The molecule has 0 spiro atoms. The summed E-state index contributed by atoms with van der Waals surface area (Å²) < 4.78 is 5.09. The Morgan fingerprint density at radius 2 is 2.00 bits per heavy atom. The summed E-state index contributed by atoms with van der Waals surface area (Å²) in [6.07, 6.45) is 4.64. The van der Waals surface area contributed by atoms with Crippen molar-refractivity contribution in [1.29, 1.82) is 0 Å². The summed E-state index contributed by atoms with van der Waals surface area (Å²) in [5, 5.41) is 5.15. The fourth-order valence-electron chi connectivity index (χ4n) is 2.51. The van der Waals surface area contributed by atoms with Gasteiger partial charge in [-0.3, -0.25) is 4.79 Å². The summed E-state index contributed by atoms with van der Waals surface area (Å²) in [5.74, 6) is 0.681. The Bertz CT molecular complexity index is 850. The van der Waals surface area contributed by atoms with Gasteiger partial charge in [0.25, 0.3) is 0 Å². The quantitative estimate of drug-likeness (QED) is 0.540. The number of carbonyl (C=O) groups is 1. The van der Waals surface area contributed by atoms with Crippen molar-refractivity contribution in [1.82, 2.24) is 10.4 Å². The molecule has 0 fully saturated rings. The van der Waals surface area contributed by atoms with Crippen molar-refractivity contribution < 1.29 is 9.53 Å². The molecule has 122 valence electrons. The fraction of sp³-hybridized carbons (Fsp3) is 0.158. The van der Waals surface area contributed by atoms with Gasteiger partial charge < -0.3 is 9.72 Å². The average molecular weight is 321 g/mol. The van der Waals surface area contributed by atoms with Gasteiger partial charge in [0.15, 0.2) is 0 Å². The van der Waals surface area contributed by atoms with Crippen LogP contribution in [0.25, 0.3) is 10.9 Å². The molecular formula is C19H19N3O2. The van der Waals surface area contributed by atoms with Crippen LogP contribution in [0.1, 0.15) is 17.5 Å². The van der Waals surface area contributed by atoms with Crippen LogP contribution in [0, 0.1) is 0 Å². The zero-order valence-electron chi connectivity index (χ0n) is 13.5. The number of aryl methyl sites for hydroxylation is 1. The molecule has 0 aliphatic rings. The number of nitrogens with one attached hydrogen (secondary N) is 2. The number of fused-ring (bicyclic) bond motifs is 1. The summed E-state index contributed by atoms with van der Waals surface area (Å²) in [5.41, 5.74) is 5.68. The normalized spacial score (nSPS) is 11.0. The molecule has 0 unspecified atom stereocenters. The molecule has 1 aromatic heterocycles. The molecule has 0 radical (unpaired) electrons. The number of methoxy groups -OCH3 is 1. The molecule has 1 heterocycles. The number of benzene rings is 2. The van der Waals surface area contributed by atoms with Gasteiger partial charge in [0.05, 0.1) is 13.3 Å². The van der Waals surface area contributed by atoms with Crippen molar-refractivity contribution in [2.24, 2.45) is 5.10 Å². The number of aromatic nitrogens is 1. The second-order valence-electron chi connectivity index (χ2n) is 5.43. The molecule has 24 heavy (non-hydrogen) atoms. The van der Waals surface area contributed by atoms with Crippen molar-refractivity contribution in [3.05, 3.63) is 65.9 Å². The van der Waals surface area contributed by atoms with E-state index in [0.29, 0.717) is 12.8 Å². The summed E-state index contributed by atoms with van der Waals surface area (Å²) >= 11 is 0. The van der Waals surface area contributed by atoms with Crippen LogP contribution >= 0.6 is 0 Å². The van der Waals surface area contributed by atoms with Crippen molar-refractivity contribution in [2.75, 3.05) is 7.11 Å². The Balaban J connectivity index is 1.51. The van der Waals surface area contributed by atoms with E-state index in [1.54, 1.807) is 13.3 Å². The van der Waals surface area contributed by atoms with E-state index in [0.717, 1.165) is 27.8 Å². The Morgan fingerprint density at radius 3 is 2.79 bits per heavy atom. The monoisotopic (exact) mass is 321 g/mol. The molecule has 2 aromatic carbocycles. The van der Waals surface area contributed by atoms with Crippen molar-refractivity contribution in [3.63, 3.8) is 0 Å². The second-order valence-corrected chi connectivity index (χ2v) is 5.43. The van der Waals surface area contributed by atoms with Gasteiger partial charge in [-0.25, -0.2) is 5.43 Å². The summed E-state index contributed by atoms with van der Waals surface area (Å²) in [6, 6.07) is 15.5. The first-order valence-electron chi connectivity index (χ1n) is 7.77. The Labute approximate surface area is 140 Å². The van der Waals surface area contributed by atoms with Gasteiger partial charge in [0, 0.05) is 23.5 Å². The number of hydrogen-bond donors (Lipinski definition) is 2. The highest BCUT2D eigenvalue weighted by Crippen LogP contribution is 2.18. The lowest BCUT2D eigenvalue weighted by Gasteiger charge is -2.01. The minimum atomic E-state index is -0.106. The Kier molecular flexibility index (Phi) is 4.91. The molecule has 0 saturated heterocycles. The van der Waals surface area contributed by atoms with Crippen LogP contribution in [0.5, 0.6) is 5.75 Å². The third-order valence-electron chi connectivity index (χ3n) is 3.81. The number of rotatable bonds is 6. The van der Waals surface area contributed by atoms with Crippen LogP contribution in [0.2, 0.25) is 0 Å². The molecule has 2 N–H and O–H groups in total. The summed E-state index contributed by atoms with van der Waals surface area (Å²) in [6.45, 7) is 0. The lowest BCUT2D eigenvalue weighted by Crippen LogP contribution is -2.17. The van der Waals surface area contributed by atoms with Crippen molar-refractivity contribution in [3.8, 4) is 5.75 Å². The molecule has 3 rings (SSSR count). The maximum absolute atomic E-state index is 11.9. The largest absolute Gasteiger partial charge is 0.497 e. The predicted molar refractivity (Wildman–Crippen MR) is 95.4 cm³/mol. The average Bonchev–Trinajstić information content (AvgIpc) is 3.04. The van der Waals surface area contributed by atoms with E-state index in [1.807, 2.05) is 48.7 Å². The molecule has 5 nitrogen and oxygen atoms in total.